The fourth-order valence-electron chi connectivity index (χ4n) is 5.93. The summed E-state index contributed by atoms with van der Waals surface area (Å²) in [4.78, 5) is 12.9. The van der Waals surface area contributed by atoms with Crippen LogP contribution in [0.15, 0.2) is 47.8 Å². The van der Waals surface area contributed by atoms with Gasteiger partial charge in [-0.1, -0.05) is 29.8 Å². The molecule has 0 aliphatic heterocycles. The standard InChI is InChI=1S/C36H9F5N8/c1-16-10-18(46-2)7-9-19(16)27-29(24(15-45)48-4)31-32(35(27)49-5)34(38)30-26(33(31)37)21(13-43)25(28(30)23(14-44)47-3)20-8-6-17(12-42)11-22(20)36(39,40)41/h6-11H,1H3/b28-23-,29-24+. The maximum atomic E-state index is 17.2. The molecular weight excluding hydrogens is 639 g/mol. The van der Waals surface area contributed by atoms with E-state index in [-0.39, 0.29) is 16.8 Å². The summed E-state index contributed by atoms with van der Waals surface area (Å²) in [6, 6.07) is 12.5. The molecule has 5 rings (SSSR count). The van der Waals surface area contributed by atoms with Crippen LogP contribution in [0.2, 0.25) is 0 Å². The predicted octanol–water partition coefficient (Wildman–Crippen LogP) is 9.27. The lowest BCUT2D eigenvalue weighted by Crippen LogP contribution is -2.10. The second kappa shape index (κ2) is 11.8. The predicted molar refractivity (Wildman–Crippen MR) is 164 cm³/mol. The van der Waals surface area contributed by atoms with Crippen molar-refractivity contribution in [2.45, 2.75) is 13.1 Å². The van der Waals surface area contributed by atoms with Gasteiger partial charge in [-0.3, -0.25) is 0 Å². The molecule has 0 bridgehead atoms. The van der Waals surface area contributed by atoms with Crippen molar-refractivity contribution in [3.63, 3.8) is 0 Å². The van der Waals surface area contributed by atoms with E-state index in [1.807, 2.05) is 0 Å². The van der Waals surface area contributed by atoms with Gasteiger partial charge < -0.3 is 0 Å². The van der Waals surface area contributed by atoms with Crippen molar-refractivity contribution >= 4 is 39.2 Å². The van der Waals surface area contributed by atoms with Gasteiger partial charge in [0, 0.05) is 27.8 Å². The number of allylic oxidation sites excluding steroid dienone is 7. The van der Waals surface area contributed by atoms with Crippen molar-refractivity contribution in [3.8, 4) is 24.3 Å². The third-order valence-corrected chi connectivity index (χ3v) is 7.82. The summed E-state index contributed by atoms with van der Waals surface area (Å²) in [5.74, 6) is -3.00. The Kier molecular flexibility index (Phi) is 7.88. The average molecular weight is 649 g/mol. The molecule has 2 aliphatic carbocycles. The fourth-order valence-corrected chi connectivity index (χ4v) is 5.93. The van der Waals surface area contributed by atoms with Crippen LogP contribution in [0, 0.1) is 90.2 Å². The molecule has 0 heterocycles. The molecule has 228 valence electrons. The van der Waals surface area contributed by atoms with Crippen LogP contribution in [0.5, 0.6) is 0 Å². The van der Waals surface area contributed by atoms with Crippen LogP contribution in [0.4, 0.5) is 27.6 Å². The highest BCUT2D eigenvalue weighted by Gasteiger charge is 2.45. The zero-order chi connectivity index (χ0) is 35.9. The summed E-state index contributed by atoms with van der Waals surface area (Å²) in [5.41, 5.74) is -11.5. The van der Waals surface area contributed by atoms with E-state index in [4.69, 9.17) is 26.3 Å². The van der Waals surface area contributed by atoms with Crippen LogP contribution < -0.4 is 0 Å². The van der Waals surface area contributed by atoms with Gasteiger partial charge in [-0.2, -0.15) is 23.7 Å². The monoisotopic (exact) mass is 648 g/mol. The Hall–Kier alpha value is -7.81. The van der Waals surface area contributed by atoms with Gasteiger partial charge in [-0.05, 0) is 46.9 Å². The van der Waals surface area contributed by atoms with E-state index in [1.54, 1.807) is 18.2 Å². The van der Waals surface area contributed by atoms with Crippen LogP contribution in [-0.2, 0) is 6.18 Å². The fraction of sp³-hybridized carbons (Fsp3) is 0.0556. The third-order valence-electron chi connectivity index (χ3n) is 7.82. The SMILES string of the molecule is [C-]#[N+]C1=C(c2ccc([N+]#[C-])cc2C)/C(=C(/C#N)[N+]#[C-])c2c(F)c3c(c(F)c21)/C(=C(/C#N)[N+]#[C-])C(c1ccc(C#N)cc1C(F)(F)F)=C3C#N. The lowest BCUT2D eigenvalue weighted by atomic mass is 9.89. The Labute approximate surface area is 274 Å². The smallest absolute Gasteiger partial charge is 0.238 e. The molecule has 0 unspecified atom stereocenters. The summed E-state index contributed by atoms with van der Waals surface area (Å²) >= 11 is 0. The quantitative estimate of drug-likeness (QED) is 0.157. The molecule has 0 saturated heterocycles. The normalized spacial score (nSPS) is 14.9. The Bertz CT molecular complexity index is 2560. The minimum absolute atomic E-state index is 0.124. The summed E-state index contributed by atoms with van der Waals surface area (Å²) < 4.78 is 77.5. The van der Waals surface area contributed by atoms with Crippen LogP contribution in [-0.4, -0.2) is 0 Å². The number of hydrogen-bond donors (Lipinski definition) is 0. The number of alkyl halides is 3. The van der Waals surface area contributed by atoms with Crippen LogP contribution in [0.1, 0.15) is 50.1 Å². The highest BCUT2D eigenvalue weighted by atomic mass is 19.4. The molecule has 0 radical (unpaired) electrons. The van der Waals surface area contributed by atoms with Crippen molar-refractivity contribution < 1.29 is 22.0 Å². The first-order chi connectivity index (χ1) is 23.4. The first-order valence-corrected chi connectivity index (χ1v) is 13.4. The molecule has 3 aromatic rings. The highest BCUT2D eigenvalue weighted by molar-refractivity contribution is 6.29. The van der Waals surface area contributed by atoms with Gasteiger partial charge in [0.1, 0.15) is 17.7 Å². The molecule has 0 fully saturated rings. The van der Waals surface area contributed by atoms with E-state index in [2.05, 4.69) is 19.4 Å². The van der Waals surface area contributed by atoms with E-state index < -0.39 is 96.1 Å². The Morgan fingerprint density at radius 2 is 1.27 bits per heavy atom. The Balaban J connectivity index is 2.05. The van der Waals surface area contributed by atoms with Crippen LogP contribution in [0.3, 0.4) is 0 Å². The molecule has 49 heavy (non-hydrogen) atoms. The van der Waals surface area contributed by atoms with Gasteiger partial charge >= 0.3 is 6.18 Å². The van der Waals surface area contributed by atoms with Gasteiger partial charge in [0.05, 0.1) is 61.2 Å². The maximum Gasteiger partial charge on any atom is 0.417 e. The summed E-state index contributed by atoms with van der Waals surface area (Å²) in [7, 11) is 0. The van der Waals surface area contributed by atoms with Gasteiger partial charge in [0.25, 0.3) is 11.4 Å². The van der Waals surface area contributed by atoms with Gasteiger partial charge in [-0.25, -0.2) is 38.7 Å². The molecule has 0 N–H and O–H groups in total. The molecule has 2 aliphatic rings. The zero-order valence-electron chi connectivity index (χ0n) is 24.4. The number of fused-ring (bicyclic) bond motifs is 2. The molecule has 3 aromatic carbocycles. The van der Waals surface area contributed by atoms with Crippen LogP contribution >= 0.6 is 0 Å². The molecule has 0 aromatic heterocycles. The van der Waals surface area contributed by atoms with Crippen molar-refractivity contribution in [1.29, 1.82) is 21.0 Å². The number of hydrogen-bond acceptors (Lipinski definition) is 4. The number of nitrogens with zero attached hydrogens (tertiary/aromatic N) is 8. The lowest BCUT2D eigenvalue weighted by Gasteiger charge is -2.17. The van der Waals surface area contributed by atoms with Crippen molar-refractivity contribution in [2.24, 2.45) is 0 Å². The van der Waals surface area contributed by atoms with E-state index in [0.717, 1.165) is 12.1 Å². The van der Waals surface area contributed by atoms with Gasteiger partial charge in [0.15, 0.2) is 5.69 Å². The van der Waals surface area contributed by atoms with Crippen LogP contribution in [0.25, 0.3) is 52.9 Å². The second-order valence-corrected chi connectivity index (χ2v) is 10.2. The van der Waals surface area contributed by atoms with Crippen molar-refractivity contribution in [1.82, 2.24) is 0 Å². The van der Waals surface area contributed by atoms with Crippen molar-refractivity contribution in [2.75, 3.05) is 0 Å². The number of halogens is 5. The maximum absolute atomic E-state index is 17.2. The first kappa shape index (κ1) is 32.6. The molecule has 0 amide bonds. The van der Waals surface area contributed by atoms with Crippen molar-refractivity contribution in [3.05, 3.63) is 155 Å². The Morgan fingerprint density at radius 1 is 0.694 bits per heavy atom. The molecule has 0 atom stereocenters. The average Bonchev–Trinajstić information content (AvgIpc) is 3.62. The first-order valence-electron chi connectivity index (χ1n) is 13.4. The molecule has 8 nitrogen and oxygen atoms in total. The molecular formula is C36H9F5N8. The topological polar surface area (TPSA) is 113 Å². The molecule has 0 saturated carbocycles. The number of rotatable bonds is 2. The number of aryl methyl sites for hydroxylation is 1. The van der Waals surface area contributed by atoms with E-state index in [1.165, 1.54) is 31.2 Å². The third kappa shape index (κ3) is 4.66. The summed E-state index contributed by atoms with van der Waals surface area (Å²) in [6.07, 6.45) is -5.19. The summed E-state index contributed by atoms with van der Waals surface area (Å²) in [5, 5.41) is 39.4. The number of benzene rings is 3. The Morgan fingerprint density at radius 3 is 1.76 bits per heavy atom. The van der Waals surface area contributed by atoms with E-state index >= 15 is 8.78 Å². The second-order valence-electron chi connectivity index (χ2n) is 10.2. The van der Waals surface area contributed by atoms with E-state index in [0.29, 0.717) is 11.6 Å². The lowest BCUT2D eigenvalue weighted by molar-refractivity contribution is -0.137. The minimum Gasteiger partial charge on any atom is -0.238 e. The molecule has 0 spiro atoms. The largest absolute Gasteiger partial charge is 0.417 e. The minimum atomic E-state index is -5.19. The van der Waals surface area contributed by atoms with Gasteiger partial charge in [-0.15, -0.1) is 0 Å². The highest BCUT2D eigenvalue weighted by Crippen LogP contribution is 2.58. The summed E-state index contributed by atoms with van der Waals surface area (Å²) in [6.45, 7) is 32.0. The van der Waals surface area contributed by atoms with Gasteiger partial charge in [0.2, 0.25) is 5.70 Å². The van der Waals surface area contributed by atoms with E-state index in [9.17, 15) is 34.2 Å². The zero-order valence-corrected chi connectivity index (χ0v) is 24.4. The molecule has 13 heteroatoms. The number of nitriles is 4.